The third-order valence-electron chi connectivity index (χ3n) is 4.76. The molecule has 1 saturated heterocycles. The number of piperazine rings is 1. The number of aromatic nitrogens is 1. The van der Waals surface area contributed by atoms with Crippen molar-refractivity contribution in [2.45, 2.75) is 25.8 Å². The normalized spacial score (nSPS) is 24.8. The number of hydrogen-bond acceptors (Lipinski definition) is 5. The number of furan rings is 1. The van der Waals surface area contributed by atoms with Gasteiger partial charge in [-0.05, 0) is 25.5 Å². The average molecular weight is 315 g/mol. The molecule has 23 heavy (non-hydrogen) atoms. The Morgan fingerprint density at radius 3 is 2.83 bits per heavy atom. The van der Waals surface area contributed by atoms with Crippen LogP contribution in [0.5, 0.6) is 0 Å². The van der Waals surface area contributed by atoms with E-state index in [1.807, 2.05) is 30.0 Å². The van der Waals surface area contributed by atoms with Gasteiger partial charge in [0.2, 0.25) is 5.91 Å². The summed E-state index contributed by atoms with van der Waals surface area (Å²) in [6.45, 7) is 6.04. The van der Waals surface area contributed by atoms with Crippen LogP contribution in [0.15, 0.2) is 33.4 Å². The molecule has 6 nitrogen and oxygen atoms in total. The Hall–Kier alpha value is -2.08. The van der Waals surface area contributed by atoms with Gasteiger partial charge in [0.25, 0.3) is 0 Å². The van der Waals surface area contributed by atoms with Gasteiger partial charge in [-0.3, -0.25) is 9.69 Å². The zero-order valence-electron chi connectivity index (χ0n) is 13.3. The minimum atomic E-state index is 0.117. The molecule has 1 amide bonds. The molecule has 0 radical (unpaired) electrons. The standard InChI is InChI=1S/C17H21N3O3/c1-12-9-13(18-23-12)11-19-4-6-20(7-5-19)17(21)15-10-14(15)16-3-2-8-22-16/h2-3,8-9,14-15H,4-7,10-11H2,1H3/t14-,15-/m0/s1. The van der Waals surface area contributed by atoms with Gasteiger partial charge in [-0.1, -0.05) is 5.16 Å². The van der Waals surface area contributed by atoms with Crippen molar-refractivity contribution in [1.82, 2.24) is 15.0 Å². The van der Waals surface area contributed by atoms with Crippen molar-refractivity contribution in [3.63, 3.8) is 0 Å². The largest absolute Gasteiger partial charge is 0.469 e. The molecule has 2 atom stereocenters. The fourth-order valence-corrected chi connectivity index (χ4v) is 3.37. The molecule has 6 heteroatoms. The van der Waals surface area contributed by atoms with E-state index in [0.717, 1.165) is 56.4 Å². The Bertz CT molecular complexity index is 671. The van der Waals surface area contributed by atoms with Gasteiger partial charge in [0, 0.05) is 50.6 Å². The van der Waals surface area contributed by atoms with Gasteiger partial charge in [-0.15, -0.1) is 0 Å². The second kappa shape index (κ2) is 5.85. The van der Waals surface area contributed by atoms with Crippen LogP contribution in [0.4, 0.5) is 0 Å². The topological polar surface area (TPSA) is 62.7 Å². The van der Waals surface area contributed by atoms with Gasteiger partial charge >= 0.3 is 0 Å². The summed E-state index contributed by atoms with van der Waals surface area (Å²) >= 11 is 0. The van der Waals surface area contributed by atoms with Crippen molar-refractivity contribution >= 4 is 5.91 Å². The summed E-state index contributed by atoms with van der Waals surface area (Å²) in [7, 11) is 0. The Morgan fingerprint density at radius 1 is 1.35 bits per heavy atom. The van der Waals surface area contributed by atoms with Crippen LogP contribution in [-0.2, 0) is 11.3 Å². The highest BCUT2D eigenvalue weighted by Gasteiger charge is 2.47. The van der Waals surface area contributed by atoms with E-state index in [9.17, 15) is 4.79 Å². The van der Waals surface area contributed by atoms with Crippen LogP contribution < -0.4 is 0 Å². The highest BCUT2D eigenvalue weighted by molar-refractivity contribution is 5.83. The summed E-state index contributed by atoms with van der Waals surface area (Å²) in [6.07, 6.45) is 2.60. The lowest BCUT2D eigenvalue weighted by Gasteiger charge is -2.34. The fourth-order valence-electron chi connectivity index (χ4n) is 3.37. The molecular formula is C17H21N3O3. The number of carbonyl (C=O) groups is 1. The lowest BCUT2D eigenvalue weighted by atomic mass is 10.2. The van der Waals surface area contributed by atoms with Crippen molar-refractivity contribution in [1.29, 1.82) is 0 Å². The molecule has 0 unspecified atom stereocenters. The van der Waals surface area contributed by atoms with Crippen molar-refractivity contribution in [2.75, 3.05) is 26.2 Å². The van der Waals surface area contributed by atoms with Crippen LogP contribution in [0.3, 0.4) is 0 Å². The molecule has 2 aromatic rings. The maximum Gasteiger partial charge on any atom is 0.226 e. The van der Waals surface area contributed by atoms with Crippen LogP contribution in [0.25, 0.3) is 0 Å². The molecule has 1 saturated carbocycles. The number of amides is 1. The van der Waals surface area contributed by atoms with Gasteiger partial charge in [0.1, 0.15) is 11.5 Å². The van der Waals surface area contributed by atoms with Crippen LogP contribution in [0, 0.1) is 12.8 Å². The van der Waals surface area contributed by atoms with E-state index in [1.165, 1.54) is 0 Å². The second-order valence-corrected chi connectivity index (χ2v) is 6.49. The van der Waals surface area contributed by atoms with E-state index in [-0.39, 0.29) is 17.7 Å². The van der Waals surface area contributed by atoms with E-state index >= 15 is 0 Å². The van der Waals surface area contributed by atoms with Crippen LogP contribution in [0.2, 0.25) is 0 Å². The molecule has 0 N–H and O–H groups in total. The predicted octanol–water partition coefficient (Wildman–Crippen LogP) is 2.02. The fraction of sp³-hybridized carbons (Fsp3) is 0.529. The van der Waals surface area contributed by atoms with Gasteiger partial charge in [0.05, 0.1) is 12.0 Å². The molecule has 1 aliphatic heterocycles. The number of nitrogens with zero attached hydrogens (tertiary/aromatic N) is 3. The number of aryl methyl sites for hydroxylation is 1. The first-order valence-corrected chi connectivity index (χ1v) is 8.17. The van der Waals surface area contributed by atoms with E-state index in [1.54, 1.807) is 6.26 Å². The van der Waals surface area contributed by atoms with Crippen LogP contribution in [-0.4, -0.2) is 47.0 Å². The smallest absolute Gasteiger partial charge is 0.226 e. The highest BCUT2D eigenvalue weighted by atomic mass is 16.5. The molecule has 0 aromatic carbocycles. The van der Waals surface area contributed by atoms with Gasteiger partial charge in [-0.2, -0.15) is 0 Å². The Balaban J connectivity index is 1.27. The lowest BCUT2D eigenvalue weighted by Crippen LogP contribution is -2.48. The number of carbonyl (C=O) groups excluding carboxylic acids is 1. The average Bonchev–Trinajstić information content (AvgIpc) is 2.96. The molecule has 122 valence electrons. The SMILES string of the molecule is Cc1cc(CN2CCN(C(=O)[C@H]3C[C@@H]3c3ccco3)CC2)no1. The van der Waals surface area contributed by atoms with Crippen LogP contribution >= 0.6 is 0 Å². The number of rotatable bonds is 4. The van der Waals surface area contributed by atoms with E-state index in [0.29, 0.717) is 0 Å². The van der Waals surface area contributed by atoms with E-state index in [2.05, 4.69) is 10.1 Å². The van der Waals surface area contributed by atoms with E-state index < -0.39 is 0 Å². The molecule has 3 heterocycles. The van der Waals surface area contributed by atoms with Gasteiger partial charge < -0.3 is 13.8 Å². The molecule has 2 aliphatic rings. The third kappa shape index (κ3) is 3.03. The summed E-state index contributed by atoms with van der Waals surface area (Å²) in [4.78, 5) is 16.9. The maximum absolute atomic E-state index is 12.6. The van der Waals surface area contributed by atoms with Gasteiger partial charge in [0.15, 0.2) is 0 Å². The lowest BCUT2D eigenvalue weighted by molar-refractivity contribution is -0.134. The molecule has 4 rings (SSSR count). The molecular weight excluding hydrogens is 294 g/mol. The first-order chi connectivity index (χ1) is 11.2. The highest BCUT2D eigenvalue weighted by Crippen LogP contribution is 2.48. The zero-order valence-corrected chi connectivity index (χ0v) is 13.3. The summed E-state index contributed by atoms with van der Waals surface area (Å²) in [5.74, 6) is 2.47. The monoisotopic (exact) mass is 315 g/mol. The zero-order chi connectivity index (χ0) is 15.8. The summed E-state index contributed by atoms with van der Waals surface area (Å²) in [6, 6.07) is 5.82. The predicted molar refractivity (Wildman–Crippen MR) is 82.7 cm³/mol. The minimum Gasteiger partial charge on any atom is -0.469 e. The van der Waals surface area contributed by atoms with E-state index in [4.69, 9.17) is 8.94 Å². The van der Waals surface area contributed by atoms with Crippen LogP contribution in [0.1, 0.15) is 29.6 Å². The maximum atomic E-state index is 12.6. The summed E-state index contributed by atoms with van der Waals surface area (Å²) in [5.41, 5.74) is 0.961. The van der Waals surface area contributed by atoms with Crippen molar-refractivity contribution in [3.05, 3.63) is 41.7 Å². The minimum absolute atomic E-state index is 0.117. The number of hydrogen-bond donors (Lipinski definition) is 0. The first-order valence-electron chi connectivity index (χ1n) is 8.17. The quantitative estimate of drug-likeness (QED) is 0.864. The second-order valence-electron chi connectivity index (χ2n) is 6.49. The Labute approximate surface area is 135 Å². The molecule has 2 aromatic heterocycles. The molecule has 0 spiro atoms. The van der Waals surface area contributed by atoms with Crippen molar-refractivity contribution in [3.8, 4) is 0 Å². The van der Waals surface area contributed by atoms with Crippen molar-refractivity contribution in [2.24, 2.45) is 5.92 Å². The van der Waals surface area contributed by atoms with Crippen molar-refractivity contribution < 1.29 is 13.7 Å². The molecule has 0 bridgehead atoms. The molecule has 1 aliphatic carbocycles. The van der Waals surface area contributed by atoms with Gasteiger partial charge in [-0.25, -0.2) is 0 Å². The summed E-state index contributed by atoms with van der Waals surface area (Å²) in [5, 5.41) is 4.03. The summed E-state index contributed by atoms with van der Waals surface area (Å²) < 4.78 is 10.5. The first kappa shape index (κ1) is 14.5. The Morgan fingerprint density at radius 2 is 2.17 bits per heavy atom. The molecule has 2 fully saturated rings. The third-order valence-corrected chi connectivity index (χ3v) is 4.76. The Kier molecular flexibility index (Phi) is 3.69.